The molecule has 10 rings (SSSR count). The van der Waals surface area contributed by atoms with Crippen molar-refractivity contribution in [2.24, 2.45) is 136 Å². The molecule has 10 fully saturated rings. The maximum atomic E-state index is 10.8. The minimum absolute atomic E-state index is 0.366. The monoisotopic (exact) mass is 622 g/mol. The largest absolute Gasteiger partial charge is 0.396 e. The van der Waals surface area contributed by atoms with Crippen LogP contribution in [0.1, 0.15) is 77.0 Å². The van der Waals surface area contributed by atoms with E-state index in [2.05, 4.69) is 0 Å². The molecule has 0 amide bonds. The average Bonchev–Trinajstić information content (AvgIpc) is 3.91. The maximum absolute atomic E-state index is 10.8. The minimum Gasteiger partial charge on any atom is -0.396 e. The van der Waals surface area contributed by atoms with Crippen molar-refractivity contribution in [3.63, 3.8) is 0 Å². The van der Waals surface area contributed by atoms with Crippen molar-refractivity contribution < 1.29 is 25.5 Å². The molecule has 0 radical (unpaired) electrons. The van der Waals surface area contributed by atoms with Gasteiger partial charge >= 0.3 is 0 Å². The van der Waals surface area contributed by atoms with Gasteiger partial charge in [-0.15, -0.1) is 0 Å². The van der Waals surface area contributed by atoms with Gasteiger partial charge in [0.1, 0.15) is 0 Å². The van der Waals surface area contributed by atoms with Crippen LogP contribution in [0.2, 0.25) is 0 Å². The summed E-state index contributed by atoms with van der Waals surface area (Å²) in [5, 5.41) is 52.6. The summed E-state index contributed by atoms with van der Waals surface area (Å²) in [7, 11) is 0. The molecule has 0 aromatic heterocycles. The summed E-state index contributed by atoms with van der Waals surface area (Å²) in [6.45, 7) is 1.87. The molecule has 0 aromatic carbocycles. The van der Waals surface area contributed by atoms with E-state index in [1.54, 1.807) is 0 Å². The number of hydrogen-bond acceptors (Lipinski definition) is 5. The first-order valence-electron chi connectivity index (χ1n) is 20.1. The average molecular weight is 623 g/mol. The van der Waals surface area contributed by atoms with Crippen molar-refractivity contribution in [2.75, 3.05) is 33.0 Å². The van der Waals surface area contributed by atoms with E-state index in [0.29, 0.717) is 80.4 Å². The lowest BCUT2D eigenvalue weighted by Crippen LogP contribution is -2.50. The van der Waals surface area contributed by atoms with Crippen LogP contribution < -0.4 is 0 Å². The van der Waals surface area contributed by atoms with Crippen LogP contribution in [0.15, 0.2) is 0 Å². The van der Waals surface area contributed by atoms with Crippen LogP contribution >= 0.6 is 0 Å². The SMILES string of the molecule is OCC1CC2CC1CC2C1C2CC(CC2CO)C1C1C2CC(CC2CO)C1C1C2CC(CC2CO)C1C1CC2CC(CO)C1C2. The van der Waals surface area contributed by atoms with Crippen molar-refractivity contribution in [1.29, 1.82) is 0 Å². The minimum atomic E-state index is 0.366. The highest BCUT2D eigenvalue weighted by Gasteiger charge is 2.69. The molecule has 10 bridgehead atoms. The Morgan fingerprint density at radius 2 is 0.711 bits per heavy atom. The molecule has 0 aromatic rings. The lowest BCUT2D eigenvalue weighted by atomic mass is 9.51. The Morgan fingerprint density at radius 1 is 0.267 bits per heavy atom. The van der Waals surface area contributed by atoms with E-state index in [-0.39, 0.29) is 0 Å². The van der Waals surface area contributed by atoms with E-state index in [1.165, 1.54) is 77.0 Å². The van der Waals surface area contributed by atoms with Crippen LogP contribution in [-0.4, -0.2) is 58.6 Å². The Hall–Kier alpha value is -0.200. The zero-order valence-corrected chi connectivity index (χ0v) is 27.5. The number of rotatable bonds is 9. The van der Waals surface area contributed by atoms with Gasteiger partial charge in [0.2, 0.25) is 0 Å². The first-order valence-corrected chi connectivity index (χ1v) is 20.1. The third kappa shape index (κ3) is 4.03. The van der Waals surface area contributed by atoms with E-state index in [0.717, 1.165) is 88.8 Å². The standard InChI is InChI=1S/C40H62O5/c41-13-24-5-20-4-19(24)9-30(20)38-31-11-22(7-26(31)15-43)36(38)40-33-12-23(8-28(33)17-45)37(40)39-32-10-21(6-27(32)16-44)35(39)34-3-18-1-25(14-42)29(34)2-18/h18-45H,1-17H2. The normalized spacial score (nSPS) is 63.3. The van der Waals surface area contributed by atoms with Gasteiger partial charge in [-0.1, -0.05) is 0 Å². The third-order valence-electron chi connectivity index (χ3n) is 18.9. The summed E-state index contributed by atoms with van der Waals surface area (Å²) in [5.41, 5.74) is 0. The summed E-state index contributed by atoms with van der Waals surface area (Å²) in [6.07, 6.45) is 15.7. The topological polar surface area (TPSA) is 101 Å². The number of hydrogen-bond donors (Lipinski definition) is 5. The molecular weight excluding hydrogens is 560 g/mol. The highest BCUT2D eigenvalue weighted by Crippen LogP contribution is 2.75. The molecule has 0 aliphatic heterocycles. The number of aliphatic hydroxyl groups excluding tert-OH is 5. The van der Waals surface area contributed by atoms with Crippen molar-refractivity contribution in [1.82, 2.24) is 0 Å². The second-order valence-electron chi connectivity index (χ2n) is 19.7. The van der Waals surface area contributed by atoms with Crippen molar-refractivity contribution in [3.05, 3.63) is 0 Å². The molecule has 0 saturated heterocycles. The second kappa shape index (κ2) is 10.9. The fraction of sp³-hybridized carbons (Fsp3) is 1.00. The first kappa shape index (κ1) is 29.7. The van der Waals surface area contributed by atoms with Crippen LogP contribution in [0, 0.1) is 136 Å². The number of aliphatic hydroxyl groups is 5. The van der Waals surface area contributed by atoms with Gasteiger partial charge in [0, 0.05) is 33.0 Å². The summed E-state index contributed by atoms with van der Waals surface area (Å²) in [4.78, 5) is 0. The van der Waals surface area contributed by atoms with Crippen molar-refractivity contribution >= 4 is 0 Å². The van der Waals surface area contributed by atoms with Crippen LogP contribution in [0.3, 0.4) is 0 Å². The van der Waals surface area contributed by atoms with Crippen LogP contribution in [0.25, 0.3) is 0 Å². The van der Waals surface area contributed by atoms with Gasteiger partial charge in [-0.05, 0) is 213 Å². The zero-order chi connectivity index (χ0) is 30.3. The first-order chi connectivity index (χ1) is 22.0. The molecule has 23 atom stereocenters. The summed E-state index contributed by atoms with van der Waals surface area (Å²) in [6, 6.07) is 0. The highest BCUT2D eigenvalue weighted by atomic mass is 16.3. The Kier molecular flexibility index (Phi) is 7.19. The fourth-order valence-corrected chi connectivity index (χ4v) is 18.2. The van der Waals surface area contributed by atoms with Crippen LogP contribution in [-0.2, 0) is 0 Å². The molecule has 0 heterocycles. The maximum Gasteiger partial charge on any atom is 0.0462 e. The summed E-state index contributed by atoms with van der Waals surface area (Å²) in [5.74, 6) is 16.1. The smallest absolute Gasteiger partial charge is 0.0462 e. The Labute approximate surface area is 271 Å². The van der Waals surface area contributed by atoms with Gasteiger partial charge in [-0.25, -0.2) is 0 Å². The van der Waals surface area contributed by atoms with Crippen LogP contribution in [0.5, 0.6) is 0 Å². The lowest BCUT2D eigenvalue weighted by molar-refractivity contribution is -0.0768. The number of fused-ring (bicyclic) bond motifs is 10. The molecule has 23 unspecified atom stereocenters. The van der Waals surface area contributed by atoms with Gasteiger partial charge < -0.3 is 25.5 Å². The summed E-state index contributed by atoms with van der Waals surface area (Å²) >= 11 is 0. The Balaban J connectivity index is 1.03. The molecule has 252 valence electrons. The van der Waals surface area contributed by atoms with Gasteiger partial charge in [-0.2, -0.15) is 0 Å². The van der Waals surface area contributed by atoms with E-state index in [4.69, 9.17) is 0 Å². The zero-order valence-electron chi connectivity index (χ0n) is 27.5. The van der Waals surface area contributed by atoms with Gasteiger partial charge in [0.15, 0.2) is 0 Å². The van der Waals surface area contributed by atoms with Gasteiger partial charge in [-0.3, -0.25) is 0 Å². The molecule has 10 aliphatic carbocycles. The van der Waals surface area contributed by atoms with E-state index < -0.39 is 0 Å². The van der Waals surface area contributed by atoms with Gasteiger partial charge in [0.05, 0.1) is 0 Å². The van der Waals surface area contributed by atoms with Crippen molar-refractivity contribution in [3.8, 4) is 0 Å². The molecule has 10 aliphatic rings. The van der Waals surface area contributed by atoms with Gasteiger partial charge in [0.25, 0.3) is 0 Å². The Bertz CT molecular complexity index is 1130. The highest BCUT2D eigenvalue weighted by molar-refractivity contribution is 5.17. The second-order valence-corrected chi connectivity index (χ2v) is 19.7. The third-order valence-corrected chi connectivity index (χ3v) is 18.9. The fourth-order valence-electron chi connectivity index (χ4n) is 18.2. The molecule has 5 N–H and O–H groups in total. The predicted octanol–water partition coefficient (Wildman–Crippen LogP) is 4.94. The summed E-state index contributed by atoms with van der Waals surface area (Å²) < 4.78 is 0. The molecular formula is C40H62O5. The lowest BCUT2D eigenvalue weighted by Gasteiger charge is -2.54. The molecule has 5 nitrogen and oxygen atoms in total. The van der Waals surface area contributed by atoms with Crippen molar-refractivity contribution in [2.45, 2.75) is 77.0 Å². The molecule has 0 spiro atoms. The quantitative estimate of drug-likeness (QED) is 0.251. The molecule has 5 heteroatoms. The van der Waals surface area contributed by atoms with E-state index in [1.807, 2.05) is 0 Å². The van der Waals surface area contributed by atoms with E-state index >= 15 is 0 Å². The molecule has 10 saturated carbocycles. The predicted molar refractivity (Wildman–Crippen MR) is 171 cm³/mol. The van der Waals surface area contributed by atoms with E-state index in [9.17, 15) is 25.5 Å². The molecule has 45 heavy (non-hydrogen) atoms. The van der Waals surface area contributed by atoms with Crippen LogP contribution in [0.4, 0.5) is 0 Å². The Morgan fingerprint density at radius 3 is 1.24 bits per heavy atom.